The number of methoxy groups -OCH3 is 1. The van der Waals surface area contributed by atoms with E-state index in [1.165, 1.54) is 6.20 Å². The average Bonchev–Trinajstić information content (AvgIpc) is 2.84. The van der Waals surface area contributed by atoms with Gasteiger partial charge in [0.2, 0.25) is 5.43 Å². The summed E-state index contributed by atoms with van der Waals surface area (Å²) >= 11 is 5.90. The van der Waals surface area contributed by atoms with Gasteiger partial charge in [-0.05, 0) is 48.9 Å². The van der Waals surface area contributed by atoms with Crippen molar-refractivity contribution in [2.24, 2.45) is 0 Å². The molecule has 2 N–H and O–H groups in total. The van der Waals surface area contributed by atoms with E-state index < -0.39 is 5.91 Å². The van der Waals surface area contributed by atoms with Crippen LogP contribution in [0.1, 0.15) is 21.5 Å². The molecule has 0 fully saturated rings. The van der Waals surface area contributed by atoms with Gasteiger partial charge in [-0.1, -0.05) is 29.8 Å². The van der Waals surface area contributed by atoms with Crippen LogP contribution in [-0.4, -0.2) is 62.4 Å². The van der Waals surface area contributed by atoms with E-state index in [0.29, 0.717) is 42.1 Å². The average molecular weight is 497 g/mol. The van der Waals surface area contributed by atoms with Crippen LogP contribution in [-0.2, 0) is 22.4 Å². The molecule has 1 heterocycles. The summed E-state index contributed by atoms with van der Waals surface area (Å²) in [6.07, 6.45) is 1.79. The summed E-state index contributed by atoms with van der Waals surface area (Å²) in [5.74, 6) is -0.451. The van der Waals surface area contributed by atoms with Crippen molar-refractivity contribution >= 4 is 28.4 Å². The Bertz CT molecular complexity index is 1240. The fourth-order valence-electron chi connectivity index (χ4n) is 3.71. The fourth-order valence-corrected chi connectivity index (χ4v) is 3.84. The number of likely N-dealkylation sites (N-methyl/N-ethyl adjacent to an activating group) is 1. The Morgan fingerprint density at radius 2 is 1.94 bits per heavy atom. The van der Waals surface area contributed by atoms with Crippen molar-refractivity contribution in [3.05, 3.63) is 80.6 Å². The number of hydrogen-bond acceptors (Lipinski definition) is 6. The number of amides is 1. The maximum atomic E-state index is 13.1. The smallest absolute Gasteiger partial charge is 0.257 e. The zero-order valence-corrected chi connectivity index (χ0v) is 20.6. The summed E-state index contributed by atoms with van der Waals surface area (Å²) in [5.41, 5.74) is 2.13. The minimum absolute atomic E-state index is 0.0465. The molecular weight excluding hydrogens is 468 g/mol. The third kappa shape index (κ3) is 7.64. The van der Waals surface area contributed by atoms with Crippen molar-refractivity contribution in [1.29, 1.82) is 5.26 Å². The summed E-state index contributed by atoms with van der Waals surface area (Å²) in [6, 6.07) is 14.8. The van der Waals surface area contributed by atoms with Crippen LogP contribution in [0.4, 0.5) is 0 Å². The van der Waals surface area contributed by atoms with Crippen molar-refractivity contribution in [2.75, 3.05) is 40.5 Å². The molecule has 9 heteroatoms. The molecule has 0 aliphatic heterocycles. The van der Waals surface area contributed by atoms with Gasteiger partial charge in [-0.2, -0.15) is 5.26 Å². The Hall–Kier alpha value is -3.22. The third-order valence-corrected chi connectivity index (χ3v) is 5.77. The molecule has 0 aliphatic carbocycles. The molecule has 0 saturated heterocycles. The number of nitrogens with zero attached hydrogens (tertiary/aromatic N) is 2. The molecule has 1 atom stereocenters. The lowest BCUT2D eigenvalue weighted by atomic mass is 10.0. The van der Waals surface area contributed by atoms with Gasteiger partial charge in [0.15, 0.2) is 0 Å². The summed E-state index contributed by atoms with van der Waals surface area (Å²) in [5, 5.41) is 12.8. The molecule has 0 saturated carbocycles. The van der Waals surface area contributed by atoms with E-state index in [4.69, 9.17) is 26.3 Å². The number of carbonyl (C=O) groups excluding carboxylic acids is 1. The predicted molar refractivity (Wildman–Crippen MR) is 136 cm³/mol. The number of fused-ring (bicyclic) bond motifs is 1. The highest BCUT2D eigenvalue weighted by Crippen LogP contribution is 2.15. The van der Waals surface area contributed by atoms with Crippen molar-refractivity contribution in [3.63, 3.8) is 0 Å². The monoisotopic (exact) mass is 496 g/mol. The lowest BCUT2D eigenvalue weighted by Crippen LogP contribution is -2.33. The highest BCUT2D eigenvalue weighted by atomic mass is 35.5. The number of nitrogens with one attached hydrogen (secondary N) is 2. The highest BCUT2D eigenvalue weighted by molar-refractivity contribution is 6.30. The highest BCUT2D eigenvalue weighted by Gasteiger charge is 2.16. The molecule has 0 bridgehead atoms. The lowest BCUT2D eigenvalue weighted by Gasteiger charge is -2.23. The number of hydrogen-bond donors (Lipinski definition) is 2. The van der Waals surface area contributed by atoms with Gasteiger partial charge in [-0.3, -0.25) is 14.5 Å². The molecule has 2 aromatic carbocycles. The number of aromatic nitrogens is 1. The Balaban J connectivity index is 1.77. The van der Waals surface area contributed by atoms with Gasteiger partial charge in [0.1, 0.15) is 5.56 Å². The molecule has 3 rings (SSSR count). The number of aromatic amines is 1. The maximum absolute atomic E-state index is 13.1. The van der Waals surface area contributed by atoms with Gasteiger partial charge in [-0.15, -0.1) is 0 Å². The Kier molecular flexibility index (Phi) is 9.82. The number of halogens is 1. The summed E-state index contributed by atoms with van der Waals surface area (Å²) in [7, 11) is 3.47. The quantitative estimate of drug-likeness (QED) is 0.294. The fraction of sp³-hybridized carbons (Fsp3) is 0.346. The first-order chi connectivity index (χ1) is 16.9. The predicted octanol–water partition coefficient (Wildman–Crippen LogP) is 3.14. The molecule has 35 heavy (non-hydrogen) atoms. The van der Waals surface area contributed by atoms with E-state index in [2.05, 4.69) is 16.4 Å². The van der Waals surface area contributed by atoms with Crippen molar-refractivity contribution in [2.45, 2.75) is 19.1 Å². The second kappa shape index (κ2) is 13.0. The number of benzene rings is 2. The van der Waals surface area contributed by atoms with Gasteiger partial charge in [-0.25, -0.2) is 0 Å². The number of pyridine rings is 1. The summed E-state index contributed by atoms with van der Waals surface area (Å²) in [4.78, 5) is 30.8. The van der Waals surface area contributed by atoms with E-state index in [1.54, 1.807) is 25.3 Å². The number of H-pyrrole nitrogens is 1. The first-order valence-electron chi connectivity index (χ1n) is 11.2. The van der Waals surface area contributed by atoms with Crippen LogP contribution in [0.2, 0.25) is 5.02 Å². The van der Waals surface area contributed by atoms with Crippen LogP contribution in [0.15, 0.2) is 53.5 Å². The van der Waals surface area contributed by atoms with Gasteiger partial charge in [0, 0.05) is 42.3 Å². The van der Waals surface area contributed by atoms with Crippen LogP contribution in [0, 0.1) is 11.3 Å². The number of nitriles is 1. The van der Waals surface area contributed by atoms with Crippen molar-refractivity contribution < 1.29 is 14.3 Å². The van der Waals surface area contributed by atoms with Gasteiger partial charge >= 0.3 is 0 Å². The van der Waals surface area contributed by atoms with E-state index in [9.17, 15) is 9.59 Å². The molecule has 0 radical (unpaired) electrons. The maximum Gasteiger partial charge on any atom is 0.257 e. The topological polar surface area (TPSA) is 107 Å². The van der Waals surface area contributed by atoms with E-state index in [0.717, 1.165) is 11.1 Å². The molecule has 3 aromatic rings. The second-order valence-corrected chi connectivity index (χ2v) is 8.70. The van der Waals surface area contributed by atoms with Crippen LogP contribution >= 0.6 is 11.6 Å². The van der Waals surface area contributed by atoms with Gasteiger partial charge in [0.25, 0.3) is 5.91 Å². The SMILES string of the molecule is COCCOC(Cc1ccc2[nH]cc(C(=O)NCc3ccc(Cl)cc3)c(=O)c2c1)CN(C)CC#N. The zero-order valence-electron chi connectivity index (χ0n) is 19.8. The number of carbonyl (C=O) groups is 1. The summed E-state index contributed by atoms with van der Waals surface area (Å²) in [6.45, 7) is 2.01. The lowest BCUT2D eigenvalue weighted by molar-refractivity contribution is 0.00472. The van der Waals surface area contributed by atoms with Crippen LogP contribution in [0.5, 0.6) is 0 Å². The second-order valence-electron chi connectivity index (χ2n) is 8.27. The molecule has 8 nitrogen and oxygen atoms in total. The molecule has 1 amide bonds. The van der Waals surface area contributed by atoms with E-state index >= 15 is 0 Å². The minimum atomic E-state index is -0.451. The molecule has 0 aliphatic rings. The zero-order chi connectivity index (χ0) is 25.2. The third-order valence-electron chi connectivity index (χ3n) is 5.52. The van der Waals surface area contributed by atoms with Crippen LogP contribution in [0.3, 0.4) is 0 Å². The largest absolute Gasteiger partial charge is 0.382 e. The molecule has 184 valence electrons. The van der Waals surface area contributed by atoms with Crippen molar-refractivity contribution in [1.82, 2.24) is 15.2 Å². The summed E-state index contributed by atoms with van der Waals surface area (Å²) < 4.78 is 11.0. The van der Waals surface area contributed by atoms with E-state index in [-0.39, 0.29) is 30.2 Å². The minimum Gasteiger partial charge on any atom is -0.382 e. The van der Waals surface area contributed by atoms with Crippen LogP contribution < -0.4 is 10.7 Å². The van der Waals surface area contributed by atoms with Crippen molar-refractivity contribution in [3.8, 4) is 6.07 Å². The number of rotatable bonds is 12. The first kappa shape index (κ1) is 26.4. The standard InChI is InChI=1S/C26H29ClN4O4/c1-31(10-9-28)17-21(35-12-11-34-2)13-19-5-8-24-22(14-19)25(32)23(16-29-24)26(33)30-15-18-3-6-20(27)7-4-18/h3-8,14,16,21H,10-13,15,17H2,1-2H3,(H,29,32)(H,30,33). The van der Waals surface area contributed by atoms with E-state index in [1.807, 2.05) is 36.2 Å². The molecular formula is C26H29ClN4O4. The van der Waals surface area contributed by atoms with Crippen LogP contribution in [0.25, 0.3) is 10.9 Å². The molecule has 0 spiro atoms. The molecule has 1 aromatic heterocycles. The first-order valence-corrected chi connectivity index (χ1v) is 11.6. The van der Waals surface area contributed by atoms with Gasteiger partial charge < -0.3 is 19.8 Å². The Morgan fingerprint density at radius 3 is 2.66 bits per heavy atom. The Morgan fingerprint density at radius 1 is 1.20 bits per heavy atom. The molecule has 1 unspecified atom stereocenters. The number of ether oxygens (including phenoxy) is 2. The normalized spacial score (nSPS) is 12.0. The van der Waals surface area contributed by atoms with Gasteiger partial charge in [0.05, 0.1) is 31.9 Å². The Labute approximate surface area is 209 Å².